The zero-order valence-electron chi connectivity index (χ0n) is 4.88. The van der Waals surface area contributed by atoms with Crippen LogP contribution in [0.1, 0.15) is 0 Å². The smallest absolute Gasteiger partial charge is 2.00 e. The zero-order chi connectivity index (χ0) is 9.00. The quantitative estimate of drug-likeness (QED) is 0.221. The summed E-state index contributed by atoms with van der Waals surface area (Å²) < 4.78 is 69.2. The molecule has 12 heteroatoms. The van der Waals surface area contributed by atoms with Crippen LogP contribution in [0.3, 0.4) is 0 Å². The van der Waals surface area contributed by atoms with E-state index in [0.29, 0.717) is 0 Å². The molecule has 0 aromatic heterocycles. The maximum Gasteiger partial charge on any atom is 2.00 e. The fraction of sp³-hybridized carbons (Fsp3) is 0. The summed E-state index contributed by atoms with van der Waals surface area (Å²) >= 11 is -12.3. The van der Waals surface area contributed by atoms with Gasteiger partial charge in [0.05, 0.1) is 0 Å². The Labute approximate surface area is 105 Å². The Morgan fingerprint density at radius 1 is 0.667 bits per heavy atom. The van der Waals surface area contributed by atoms with E-state index in [1.165, 1.54) is 0 Å². The predicted molar refractivity (Wildman–Crippen MR) is 8.50 cm³/mol. The van der Waals surface area contributed by atoms with Crippen LogP contribution in [0.4, 0.5) is 0 Å². The molecule has 0 rings (SSSR count). The molecule has 0 aliphatic rings. The molecule has 0 aromatic carbocycles. The molecule has 0 aliphatic carbocycles. The van der Waals surface area contributed by atoms with Crippen molar-refractivity contribution in [1.29, 1.82) is 0 Å². The molecular weight excluding hydrogens is 766 g/mol. The van der Waals surface area contributed by atoms with E-state index in [0.717, 1.165) is 0 Å². The van der Waals surface area contributed by atoms with E-state index in [1.807, 2.05) is 0 Å². The standard InChI is InChI=1S/Cu.8O.Pb.2W/q+2;;;;;4*-1;+2;;. The molecule has 0 atom stereocenters. The third-order valence-corrected chi connectivity index (χ3v) is 0. The topological polar surface area (TPSA) is 161 Å². The first-order chi connectivity index (χ1) is 4.00. The monoisotopic (exact) mass is 767 g/mol. The Morgan fingerprint density at radius 3 is 0.667 bits per heavy atom. The third-order valence-electron chi connectivity index (χ3n) is 0. The van der Waals surface area contributed by atoms with E-state index < -0.39 is 33.5 Å². The summed E-state index contributed by atoms with van der Waals surface area (Å²) in [6, 6.07) is 0. The van der Waals surface area contributed by atoms with Gasteiger partial charge in [0, 0.05) is 0 Å². The van der Waals surface area contributed by atoms with Crippen molar-refractivity contribution in [2.75, 3.05) is 0 Å². The number of hydrogen-bond acceptors (Lipinski definition) is 8. The number of hydrogen-bond donors (Lipinski definition) is 0. The third kappa shape index (κ3) is 405. The first kappa shape index (κ1) is 23.6. The molecule has 0 heterocycles. The Kier molecular flexibility index (Phi) is 18.5. The SMILES string of the molecule is [Cu+2].[O]=[W](=[O])([O-])[O-].[O]=[W](=[O])([O-])[O-].[Pb+2]. The molecule has 0 spiro atoms. The first-order valence-corrected chi connectivity index (χ1v) is 10.9. The number of rotatable bonds is 0. The molecule has 0 fully saturated rings. The van der Waals surface area contributed by atoms with Crippen molar-refractivity contribution < 1.29 is 79.2 Å². The van der Waals surface area contributed by atoms with Gasteiger partial charge in [-0.1, -0.05) is 0 Å². The first-order valence-electron chi connectivity index (χ1n) is 1.33. The Hall–Kier alpha value is 1.86. The maximum atomic E-state index is 8.65. The second-order valence-electron chi connectivity index (χ2n) is 0.816. The van der Waals surface area contributed by atoms with Crippen molar-refractivity contribution in [3.63, 3.8) is 0 Å². The molecule has 3 radical (unpaired) electrons. The van der Waals surface area contributed by atoms with Crippen LogP contribution in [0.25, 0.3) is 0 Å². The largest absolute Gasteiger partial charge is 2.00 e. The van der Waals surface area contributed by atoms with Gasteiger partial charge < -0.3 is 0 Å². The predicted octanol–water partition coefficient (Wildman–Crippen LogP) is -5.62. The van der Waals surface area contributed by atoms with Gasteiger partial charge in [0.25, 0.3) is 0 Å². The van der Waals surface area contributed by atoms with Crippen molar-refractivity contribution in [3.8, 4) is 0 Å². The van der Waals surface area contributed by atoms with Crippen molar-refractivity contribution in [3.05, 3.63) is 0 Å². The maximum absolute atomic E-state index is 8.65. The molecule has 0 N–H and O–H groups in total. The van der Waals surface area contributed by atoms with Crippen LogP contribution in [0.5, 0.6) is 0 Å². The summed E-state index contributed by atoms with van der Waals surface area (Å²) in [4.78, 5) is 0. The molecule has 75 valence electrons. The summed E-state index contributed by atoms with van der Waals surface area (Å²) in [5.41, 5.74) is 0. The van der Waals surface area contributed by atoms with Gasteiger partial charge in [0.1, 0.15) is 0 Å². The minimum Gasteiger partial charge on any atom is 2.00 e. The Bertz CT molecular complexity index is 213. The molecule has 0 aliphatic heterocycles. The normalized spacial score (nSPS) is 9.67. The summed E-state index contributed by atoms with van der Waals surface area (Å²) in [6.45, 7) is 0. The van der Waals surface area contributed by atoms with E-state index in [9.17, 15) is 0 Å². The van der Waals surface area contributed by atoms with Crippen LogP contribution in [-0.2, 0) is 64.2 Å². The average molecular weight is 766 g/mol. The molecule has 0 bridgehead atoms. The second-order valence-corrected chi connectivity index (χ2v) is 6.68. The zero-order valence-corrected chi connectivity index (χ0v) is 15.6. The van der Waals surface area contributed by atoms with Crippen LogP contribution in [0.15, 0.2) is 0 Å². The molecule has 0 amide bonds. The van der Waals surface area contributed by atoms with Crippen molar-refractivity contribution in [1.82, 2.24) is 0 Å². The van der Waals surface area contributed by atoms with Gasteiger partial charge in [0.2, 0.25) is 0 Å². The molecule has 0 aromatic rings. The molecule has 0 unspecified atom stereocenters. The van der Waals surface area contributed by atoms with E-state index >= 15 is 0 Å². The summed E-state index contributed by atoms with van der Waals surface area (Å²) in [5, 5.41) is 0. The fourth-order valence-corrected chi connectivity index (χ4v) is 0. The average Bonchev–Trinajstić information content (AvgIpc) is 1.12. The second kappa shape index (κ2) is 9.41. The van der Waals surface area contributed by atoms with E-state index in [1.54, 1.807) is 0 Å². The molecule has 12 heavy (non-hydrogen) atoms. The summed E-state index contributed by atoms with van der Waals surface area (Å²) in [6.07, 6.45) is 0. The molecule has 0 saturated carbocycles. The van der Waals surface area contributed by atoms with Gasteiger partial charge in [-0.3, -0.25) is 0 Å². The fourth-order valence-electron chi connectivity index (χ4n) is 0. The van der Waals surface area contributed by atoms with Gasteiger partial charge in [-0.2, -0.15) is 0 Å². The van der Waals surface area contributed by atoms with Crippen LogP contribution < -0.4 is 15.0 Å². The Morgan fingerprint density at radius 2 is 0.667 bits per heavy atom. The van der Waals surface area contributed by atoms with Crippen LogP contribution in [0.2, 0.25) is 0 Å². The molecule has 8 nitrogen and oxygen atoms in total. The minimum absolute atomic E-state index is 0. The van der Waals surface area contributed by atoms with Crippen molar-refractivity contribution >= 4 is 27.3 Å². The van der Waals surface area contributed by atoms with Crippen LogP contribution >= 0.6 is 0 Å². The minimum atomic E-state index is -6.17. The summed E-state index contributed by atoms with van der Waals surface area (Å²) in [7, 11) is 0. The molecule has 0 saturated heterocycles. The van der Waals surface area contributed by atoms with E-state index in [4.69, 9.17) is 28.6 Å². The van der Waals surface area contributed by atoms with Gasteiger partial charge in [-0.15, -0.1) is 0 Å². The van der Waals surface area contributed by atoms with Gasteiger partial charge in [-0.05, 0) is 0 Å². The van der Waals surface area contributed by atoms with E-state index in [-0.39, 0.29) is 44.4 Å². The molecular formula is CuO8PbW2. The van der Waals surface area contributed by atoms with Crippen molar-refractivity contribution in [2.45, 2.75) is 0 Å². The van der Waals surface area contributed by atoms with Crippen molar-refractivity contribution in [2.24, 2.45) is 0 Å². The Balaban J connectivity index is -0.0000000457. The summed E-state index contributed by atoms with van der Waals surface area (Å²) in [5.74, 6) is 0. The van der Waals surface area contributed by atoms with Gasteiger partial charge in [-0.25, -0.2) is 0 Å². The van der Waals surface area contributed by atoms with E-state index in [2.05, 4.69) is 0 Å². The van der Waals surface area contributed by atoms with Gasteiger partial charge in [0.15, 0.2) is 0 Å². The van der Waals surface area contributed by atoms with Crippen LogP contribution in [0, 0.1) is 0 Å². The van der Waals surface area contributed by atoms with Gasteiger partial charge >= 0.3 is 106 Å². The van der Waals surface area contributed by atoms with Crippen LogP contribution in [-0.4, -0.2) is 27.3 Å².